The average Bonchev–Trinajstić information content (AvgIpc) is 4.15. The van der Waals surface area contributed by atoms with Gasteiger partial charge in [0.2, 0.25) is 0 Å². The molecule has 10 aliphatic rings. The van der Waals surface area contributed by atoms with E-state index in [4.69, 9.17) is 27.6 Å². The van der Waals surface area contributed by atoms with Crippen LogP contribution in [0.15, 0.2) is 106 Å². The van der Waals surface area contributed by atoms with Gasteiger partial charge in [-0.25, -0.2) is 9.98 Å². The number of aromatic nitrogens is 2. The quantitative estimate of drug-likeness (QED) is 0.125. The van der Waals surface area contributed by atoms with Crippen molar-refractivity contribution in [3.63, 3.8) is 0 Å². The minimum Gasteiger partial charge on any atom is -0.345 e. The number of aliphatic imine (C=N–C) groups is 2. The monoisotopic (exact) mass is 1070 g/mol. The number of hydrogen-bond acceptors (Lipinski definition) is 7. The second-order valence-electron chi connectivity index (χ2n) is 24.5. The van der Waals surface area contributed by atoms with Gasteiger partial charge in [0.25, 0.3) is 0 Å². The van der Waals surface area contributed by atoms with Crippen LogP contribution in [0, 0.1) is 17.8 Å². The number of nitrogens with one attached hydrogen (secondary N) is 1. The van der Waals surface area contributed by atoms with E-state index in [1.165, 1.54) is 136 Å². The lowest BCUT2D eigenvalue weighted by atomic mass is 9.79. The van der Waals surface area contributed by atoms with E-state index in [0.717, 1.165) is 100.0 Å². The summed E-state index contributed by atoms with van der Waals surface area (Å²) >= 11 is 6.92. The Morgan fingerprint density at radius 1 is 0.795 bits per heavy atom. The Balaban J connectivity index is 0.946. The van der Waals surface area contributed by atoms with Crippen LogP contribution in [0.2, 0.25) is 0 Å². The zero-order valence-corrected chi connectivity index (χ0v) is 48.7. The molecule has 0 radical (unpaired) electrons. The summed E-state index contributed by atoms with van der Waals surface area (Å²) in [6, 6.07) is 3.02. The Morgan fingerprint density at radius 3 is 2.35 bits per heavy atom. The van der Waals surface area contributed by atoms with Crippen molar-refractivity contribution in [1.29, 1.82) is 0 Å². The maximum Gasteiger partial charge on any atom is 0.165 e. The zero-order chi connectivity index (χ0) is 52.7. The Labute approximate surface area is 475 Å². The molecule has 0 bridgehead atoms. The first-order valence-corrected chi connectivity index (χ1v) is 32.4. The number of fused-ring (bicyclic) bond motifs is 7. The standard InChI is InChI=1S/C70H84N6S2/c1-4-60-57(54-32-17-19-36-61(54)75(60)50-28-13-7-14-29-50)41-45(2)52(34-21-23-46(3)77)67-59(70-73-68(47-24-9-5-10-25-47)72-69(74-70)48-26-11-6-12-27-48)42-49(44-71-67)53-35-22-38-64-66(53)56-39-40-63-58(43-65(56)78-64)55-33-18-20-37-62(55)76(63)51-30-15-8-16-31-51/h18,20-24,26,28,30,32,36-39,42-46,52-53,55,58,63,68,77H,4-17,19,25,27,29,31,33-35,40-41H2,1-3H3,(H,72,73,74)/b23-21-/t45?,46?,52-,53?,55?,58?,63?,68?/m1/s1. The van der Waals surface area contributed by atoms with Crippen LogP contribution in [0.25, 0.3) is 36.1 Å². The van der Waals surface area contributed by atoms with E-state index in [2.05, 4.69) is 139 Å². The number of thiol groups is 1. The van der Waals surface area contributed by atoms with Gasteiger partial charge in [0, 0.05) is 84.3 Å². The third-order valence-corrected chi connectivity index (χ3v) is 20.7. The molecule has 5 heterocycles. The van der Waals surface area contributed by atoms with Gasteiger partial charge in [0.1, 0.15) is 11.7 Å². The van der Waals surface area contributed by atoms with Gasteiger partial charge in [-0.05, 0) is 217 Å². The molecule has 3 aromatic rings. The van der Waals surface area contributed by atoms with Gasteiger partial charge >= 0.3 is 0 Å². The van der Waals surface area contributed by atoms with Crippen LogP contribution in [0.5, 0.6) is 0 Å². The molecule has 8 atom stereocenters. The van der Waals surface area contributed by atoms with E-state index in [0.29, 0.717) is 23.8 Å². The summed E-state index contributed by atoms with van der Waals surface area (Å²) in [7, 11) is 0. The zero-order valence-electron chi connectivity index (χ0n) is 47.0. The summed E-state index contributed by atoms with van der Waals surface area (Å²) in [5.74, 6) is 3.61. The minimum atomic E-state index is -0.226. The average molecular weight is 1070 g/mol. The lowest BCUT2D eigenvalue weighted by Crippen LogP contribution is -2.40. The SMILES string of the molecule is CCc1c(CC(C)[C@@H](C/C=C\C(C)S)c2ncc(C3CC=Cc4sc5c(c43)=CCC3C(C=5)C4CC=CC=C4N3C3=CCCCC3)cc2C2=NC(C3=CCCCC3)N=C(C3=CCCCC3)N2)c2c(n1C1=CCCCC1)=CCCC=2. The van der Waals surface area contributed by atoms with Crippen molar-refractivity contribution in [3.8, 4) is 0 Å². The smallest absolute Gasteiger partial charge is 0.165 e. The molecule has 2 aliphatic heterocycles. The van der Waals surface area contributed by atoms with Crippen LogP contribution in [0.4, 0.5) is 0 Å². The second kappa shape index (κ2) is 23.1. The topological polar surface area (TPSA) is 57.8 Å². The van der Waals surface area contributed by atoms with Crippen LogP contribution in [-0.2, 0) is 12.8 Å². The molecule has 0 amide bonds. The Morgan fingerprint density at radius 2 is 1.58 bits per heavy atom. The summed E-state index contributed by atoms with van der Waals surface area (Å²) in [5.41, 5.74) is 15.6. The van der Waals surface area contributed by atoms with Crippen LogP contribution in [-0.4, -0.2) is 43.6 Å². The van der Waals surface area contributed by atoms with Crippen molar-refractivity contribution < 1.29 is 0 Å². The molecule has 1 N–H and O–H groups in total. The third kappa shape index (κ3) is 10.1. The molecule has 406 valence electrons. The fraction of sp³-hybridized carbons (Fsp3) is 0.500. The highest BCUT2D eigenvalue weighted by atomic mass is 32.1. The van der Waals surface area contributed by atoms with Gasteiger partial charge in [0.05, 0.1) is 5.69 Å². The van der Waals surface area contributed by atoms with Crippen molar-refractivity contribution >= 4 is 71.7 Å². The Kier molecular flexibility index (Phi) is 15.5. The minimum absolute atomic E-state index is 0.132. The first-order chi connectivity index (χ1) is 38.4. The van der Waals surface area contributed by atoms with E-state index < -0.39 is 0 Å². The molecule has 0 saturated carbocycles. The predicted molar refractivity (Wildman–Crippen MR) is 334 cm³/mol. The molecular weight excluding hydrogens is 989 g/mol. The fourth-order valence-corrected chi connectivity index (χ4v) is 16.9. The molecule has 7 unspecified atom stereocenters. The van der Waals surface area contributed by atoms with Crippen molar-refractivity contribution in [2.75, 3.05) is 0 Å². The van der Waals surface area contributed by atoms with E-state index in [1.807, 2.05) is 11.3 Å². The maximum absolute atomic E-state index is 5.88. The molecular formula is C70H84N6S2. The van der Waals surface area contributed by atoms with Crippen molar-refractivity contribution in [3.05, 3.63) is 154 Å². The van der Waals surface area contributed by atoms with E-state index >= 15 is 0 Å². The number of hydrogen-bond donors (Lipinski definition) is 2. The number of rotatable bonds is 14. The van der Waals surface area contributed by atoms with Gasteiger partial charge in [0.15, 0.2) is 6.17 Å². The van der Waals surface area contributed by atoms with Crippen LogP contribution in [0.3, 0.4) is 0 Å². The van der Waals surface area contributed by atoms with Crippen molar-refractivity contribution in [1.82, 2.24) is 19.8 Å². The number of likely N-dealkylation sites (tertiary alicyclic amines) is 1. The molecule has 3 aromatic heterocycles. The summed E-state index contributed by atoms with van der Waals surface area (Å²) in [6.07, 6.45) is 66.8. The Hall–Kier alpha value is -5.18. The van der Waals surface area contributed by atoms with Gasteiger partial charge < -0.3 is 14.8 Å². The van der Waals surface area contributed by atoms with Crippen LogP contribution < -0.4 is 25.6 Å². The van der Waals surface area contributed by atoms with Crippen LogP contribution in [0.1, 0.15) is 212 Å². The summed E-state index contributed by atoms with van der Waals surface area (Å²) in [6.45, 7) is 7.09. The summed E-state index contributed by atoms with van der Waals surface area (Å²) < 4.78 is 4.18. The molecule has 1 fully saturated rings. The molecule has 13 rings (SSSR count). The summed E-state index contributed by atoms with van der Waals surface area (Å²) in [5, 5.41) is 8.60. The molecule has 0 spiro atoms. The molecule has 1 saturated heterocycles. The fourth-order valence-electron chi connectivity index (χ4n) is 15.5. The lowest BCUT2D eigenvalue weighted by molar-refractivity contribution is 0.322. The highest BCUT2D eigenvalue weighted by Gasteiger charge is 2.45. The van der Waals surface area contributed by atoms with Gasteiger partial charge in [-0.3, -0.25) is 4.98 Å². The number of pyridine rings is 1. The highest BCUT2D eigenvalue weighted by Crippen LogP contribution is 2.49. The van der Waals surface area contributed by atoms with Crippen molar-refractivity contribution in [2.24, 2.45) is 27.7 Å². The third-order valence-electron chi connectivity index (χ3n) is 19.4. The van der Waals surface area contributed by atoms with Crippen molar-refractivity contribution in [2.45, 2.75) is 204 Å². The Bertz CT molecular complexity index is 3410. The first kappa shape index (κ1) is 52.2. The normalized spacial score (nSPS) is 26.6. The van der Waals surface area contributed by atoms with Gasteiger partial charge in [-0.1, -0.05) is 99.8 Å². The number of amidine groups is 2. The molecule has 78 heavy (non-hydrogen) atoms. The number of thiophene rings is 1. The first-order valence-electron chi connectivity index (χ1n) is 31.0. The summed E-state index contributed by atoms with van der Waals surface area (Å²) in [4.78, 5) is 21.4. The molecule has 0 aromatic carbocycles. The lowest BCUT2D eigenvalue weighted by Gasteiger charge is -2.33. The number of nitrogens with zero attached hydrogens (tertiary/aromatic N) is 5. The highest BCUT2D eigenvalue weighted by molar-refractivity contribution is 7.81. The largest absolute Gasteiger partial charge is 0.345 e. The second-order valence-corrected chi connectivity index (χ2v) is 26.4. The van der Waals surface area contributed by atoms with E-state index in [-0.39, 0.29) is 23.3 Å². The predicted octanol–water partition coefficient (Wildman–Crippen LogP) is 14.3. The van der Waals surface area contributed by atoms with Crippen LogP contribution >= 0.6 is 24.0 Å². The van der Waals surface area contributed by atoms with E-state index in [1.54, 1.807) is 17.0 Å². The van der Waals surface area contributed by atoms with Gasteiger partial charge in [-0.2, -0.15) is 12.6 Å². The molecule has 8 aliphatic carbocycles. The molecule has 8 heteroatoms. The number of allylic oxidation sites excluding steroid dienone is 12. The maximum atomic E-state index is 5.88. The van der Waals surface area contributed by atoms with E-state index in [9.17, 15) is 0 Å². The van der Waals surface area contributed by atoms with Gasteiger partial charge in [-0.15, -0.1) is 11.3 Å². The molecule has 6 nitrogen and oxygen atoms in total.